The fourth-order valence-corrected chi connectivity index (χ4v) is 4.31. The van der Waals surface area contributed by atoms with E-state index in [0.29, 0.717) is 37.7 Å². The van der Waals surface area contributed by atoms with E-state index >= 15 is 0 Å². The van der Waals surface area contributed by atoms with Gasteiger partial charge in [0.05, 0.1) is 19.8 Å². The number of rotatable bonds is 7. The molecule has 9 heteroatoms. The number of methoxy groups -OCH3 is 1. The number of aromatic nitrogens is 1. The molecule has 1 fully saturated rings. The zero-order chi connectivity index (χ0) is 24.2. The molecule has 0 saturated carbocycles. The Morgan fingerprint density at radius 1 is 1.24 bits per heavy atom. The van der Waals surface area contributed by atoms with Crippen molar-refractivity contribution in [3.8, 4) is 5.75 Å². The molecule has 0 spiro atoms. The number of amides is 2. The van der Waals surface area contributed by atoms with E-state index in [1.807, 2.05) is 33.8 Å². The highest BCUT2D eigenvalue weighted by Crippen LogP contribution is 2.36. The summed E-state index contributed by atoms with van der Waals surface area (Å²) in [7, 11) is 1.61. The number of carbonyl (C=O) groups excluding carboxylic acids is 1. The smallest absolute Gasteiger partial charge is 0.413 e. The van der Waals surface area contributed by atoms with Crippen molar-refractivity contribution in [1.82, 2.24) is 9.88 Å². The van der Waals surface area contributed by atoms with Crippen LogP contribution in [0.25, 0.3) is 0 Å². The summed E-state index contributed by atoms with van der Waals surface area (Å²) >= 11 is 0. The summed E-state index contributed by atoms with van der Waals surface area (Å²) < 4.78 is 16.9. The summed E-state index contributed by atoms with van der Waals surface area (Å²) in [5, 5.41) is 9.66. The molecule has 2 aliphatic heterocycles. The number of ether oxygens (including phenoxy) is 3. The van der Waals surface area contributed by atoms with Gasteiger partial charge in [-0.3, -0.25) is 4.90 Å². The zero-order valence-corrected chi connectivity index (χ0v) is 20.4. The topological polar surface area (TPSA) is 101 Å². The van der Waals surface area contributed by atoms with Gasteiger partial charge in [0, 0.05) is 36.5 Å². The fraction of sp³-hybridized carbons (Fsp3) is 0.708. The molecule has 0 aromatic carbocycles. The standard InChI is InChI=1S/C24H37N3O6/c1-16-9-10-19-20(31-5)14-17(25-21(19)27(16)22(28)29)8-6-7-13-32-18-11-12-26(15-18)23(30)33-24(2,3)4/h14,16,18H,6-13,15H2,1-5H3,(H,28,29)/t16?,18-/m1/s1. The Hall–Kier alpha value is -2.55. The van der Waals surface area contributed by atoms with Gasteiger partial charge in [0.25, 0.3) is 0 Å². The maximum Gasteiger partial charge on any atom is 0.413 e. The highest BCUT2D eigenvalue weighted by atomic mass is 16.6. The van der Waals surface area contributed by atoms with Crippen LogP contribution < -0.4 is 9.64 Å². The number of fused-ring (bicyclic) bond motifs is 1. The van der Waals surface area contributed by atoms with Crippen molar-refractivity contribution in [2.24, 2.45) is 0 Å². The summed E-state index contributed by atoms with van der Waals surface area (Å²) in [6.07, 6.45) is 3.50. The fourth-order valence-electron chi connectivity index (χ4n) is 4.31. The van der Waals surface area contributed by atoms with E-state index in [1.165, 1.54) is 4.90 Å². The van der Waals surface area contributed by atoms with Gasteiger partial charge in [-0.25, -0.2) is 14.6 Å². The highest BCUT2D eigenvalue weighted by Gasteiger charge is 2.32. The van der Waals surface area contributed by atoms with E-state index in [-0.39, 0.29) is 18.2 Å². The minimum absolute atomic E-state index is 0.0325. The van der Waals surface area contributed by atoms with Crippen molar-refractivity contribution in [2.75, 3.05) is 31.7 Å². The van der Waals surface area contributed by atoms with Gasteiger partial charge in [-0.05, 0) is 66.2 Å². The molecule has 184 valence electrons. The quantitative estimate of drug-likeness (QED) is 0.603. The van der Waals surface area contributed by atoms with Crippen LogP contribution in [0.5, 0.6) is 5.75 Å². The summed E-state index contributed by atoms with van der Waals surface area (Å²) in [4.78, 5) is 31.7. The molecule has 2 atom stereocenters. The molecule has 1 aromatic heterocycles. The Balaban J connectivity index is 1.48. The van der Waals surface area contributed by atoms with Gasteiger partial charge in [-0.2, -0.15) is 0 Å². The van der Waals surface area contributed by atoms with Crippen LogP contribution in [0.1, 0.15) is 64.6 Å². The minimum atomic E-state index is -0.986. The Morgan fingerprint density at radius 2 is 2.00 bits per heavy atom. The SMILES string of the molecule is COc1cc(CCCCO[C@@H]2CCN(C(=O)OC(C)(C)C)C2)nc2c1CCC(C)N2C(=O)O. The van der Waals surface area contributed by atoms with Crippen LogP contribution in [0.15, 0.2) is 6.07 Å². The molecule has 1 N–H and O–H groups in total. The average Bonchev–Trinajstić information content (AvgIpc) is 3.20. The van der Waals surface area contributed by atoms with Crippen LogP contribution in [0.2, 0.25) is 0 Å². The van der Waals surface area contributed by atoms with Crippen molar-refractivity contribution >= 4 is 18.0 Å². The molecule has 1 aromatic rings. The largest absolute Gasteiger partial charge is 0.496 e. The number of likely N-dealkylation sites (tertiary alicyclic amines) is 1. The van der Waals surface area contributed by atoms with Crippen molar-refractivity contribution in [2.45, 2.75) is 84.0 Å². The summed E-state index contributed by atoms with van der Waals surface area (Å²) in [5.74, 6) is 1.21. The Morgan fingerprint density at radius 3 is 2.67 bits per heavy atom. The number of aryl methyl sites for hydroxylation is 1. The zero-order valence-electron chi connectivity index (χ0n) is 20.4. The van der Waals surface area contributed by atoms with Gasteiger partial charge >= 0.3 is 12.2 Å². The molecule has 33 heavy (non-hydrogen) atoms. The second-order valence-corrected chi connectivity index (χ2v) is 9.82. The average molecular weight is 464 g/mol. The lowest BCUT2D eigenvalue weighted by atomic mass is 9.98. The van der Waals surface area contributed by atoms with Crippen LogP contribution in [0.4, 0.5) is 15.4 Å². The normalized spacial score (nSPS) is 20.5. The van der Waals surface area contributed by atoms with E-state index in [1.54, 1.807) is 12.0 Å². The first kappa shape index (κ1) is 25.1. The first-order chi connectivity index (χ1) is 15.6. The number of unbranched alkanes of at least 4 members (excludes halogenated alkanes) is 1. The second kappa shape index (κ2) is 10.6. The first-order valence-electron chi connectivity index (χ1n) is 11.8. The molecule has 0 radical (unpaired) electrons. The van der Waals surface area contributed by atoms with E-state index < -0.39 is 11.7 Å². The molecular weight excluding hydrogens is 426 g/mol. The van der Waals surface area contributed by atoms with Crippen molar-refractivity contribution in [3.05, 3.63) is 17.3 Å². The molecule has 0 aliphatic carbocycles. The van der Waals surface area contributed by atoms with Crippen molar-refractivity contribution in [1.29, 1.82) is 0 Å². The number of carboxylic acid groups (broad SMARTS) is 1. The maximum atomic E-state index is 12.2. The monoisotopic (exact) mass is 463 g/mol. The van der Waals surface area contributed by atoms with Crippen LogP contribution in [0.3, 0.4) is 0 Å². The molecule has 9 nitrogen and oxygen atoms in total. The van der Waals surface area contributed by atoms with Crippen molar-refractivity contribution in [3.63, 3.8) is 0 Å². The number of hydrogen-bond acceptors (Lipinski definition) is 6. The van der Waals surface area contributed by atoms with Gasteiger partial charge in [0.15, 0.2) is 0 Å². The van der Waals surface area contributed by atoms with Gasteiger partial charge in [0.1, 0.15) is 17.2 Å². The van der Waals surface area contributed by atoms with E-state index in [0.717, 1.165) is 43.4 Å². The lowest BCUT2D eigenvalue weighted by Gasteiger charge is -2.33. The molecule has 3 heterocycles. The van der Waals surface area contributed by atoms with Gasteiger partial charge in [0.2, 0.25) is 0 Å². The predicted octanol–water partition coefficient (Wildman–Crippen LogP) is 4.26. The number of anilines is 1. The molecule has 2 aliphatic rings. The van der Waals surface area contributed by atoms with Gasteiger partial charge < -0.3 is 24.2 Å². The Bertz CT molecular complexity index is 853. The molecule has 3 rings (SSSR count). The summed E-state index contributed by atoms with van der Waals surface area (Å²) in [6, 6.07) is 1.81. The van der Waals surface area contributed by atoms with Crippen molar-refractivity contribution < 1.29 is 28.9 Å². The lowest BCUT2D eigenvalue weighted by Crippen LogP contribution is -2.42. The van der Waals surface area contributed by atoms with E-state index in [2.05, 4.69) is 4.98 Å². The lowest BCUT2D eigenvalue weighted by molar-refractivity contribution is 0.0206. The van der Waals surface area contributed by atoms with Crippen LogP contribution in [0, 0.1) is 0 Å². The van der Waals surface area contributed by atoms with Gasteiger partial charge in [-0.15, -0.1) is 0 Å². The number of pyridine rings is 1. The molecule has 1 saturated heterocycles. The minimum Gasteiger partial charge on any atom is -0.496 e. The first-order valence-corrected chi connectivity index (χ1v) is 11.8. The second-order valence-electron chi connectivity index (χ2n) is 9.82. The third kappa shape index (κ3) is 6.50. The third-order valence-corrected chi connectivity index (χ3v) is 6.00. The molecular formula is C24H37N3O6. The number of hydrogen-bond donors (Lipinski definition) is 1. The third-order valence-electron chi connectivity index (χ3n) is 6.00. The predicted molar refractivity (Wildman–Crippen MR) is 124 cm³/mol. The highest BCUT2D eigenvalue weighted by molar-refractivity contribution is 5.87. The Labute approximate surface area is 196 Å². The maximum absolute atomic E-state index is 12.2. The molecule has 0 bridgehead atoms. The van der Waals surface area contributed by atoms with E-state index in [9.17, 15) is 14.7 Å². The number of nitrogens with zero attached hydrogens (tertiary/aromatic N) is 3. The summed E-state index contributed by atoms with van der Waals surface area (Å²) in [5.41, 5.74) is 1.19. The van der Waals surface area contributed by atoms with E-state index in [4.69, 9.17) is 14.2 Å². The van der Waals surface area contributed by atoms with Crippen LogP contribution in [-0.2, 0) is 22.3 Å². The van der Waals surface area contributed by atoms with Gasteiger partial charge in [-0.1, -0.05) is 0 Å². The molecule has 1 unspecified atom stereocenters. The summed E-state index contributed by atoms with van der Waals surface area (Å²) in [6.45, 7) is 9.30. The number of carbonyl (C=O) groups is 2. The molecule has 2 amide bonds. The Kier molecular flexibility index (Phi) is 8.05. The van der Waals surface area contributed by atoms with Crippen LogP contribution in [-0.4, -0.2) is 71.7 Å². The van der Waals surface area contributed by atoms with Crippen LogP contribution >= 0.6 is 0 Å².